The Kier molecular flexibility index (Phi) is 3.57. The fourth-order valence-electron chi connectivity index (χ4n) is 1.62. The van der Waals surface area contributed by atoms with Gasteiger partial charge < -0.3 is 9.84 Å². The maximum Gasteiger partial charge on any atom is 0.336 e. The Bertz CT molecular complexity index is 580. The summed E-state index contributed by atoms with van der Waals surface area (Å²) in [6.07, 6.45) is 1.63. The summed E-state index contributed by atoms with van der Waals surface area (Å²) in [5.41, 5.74) is 1.78. The summed E-state index contributed by atoms with van der Waals surface area (Å²) < 4.78 is 6.77. The van der Waals surface area contributed by atoms with Crippen molar-refractivity contribution in [1.29, 1.82) is 0 Å². The molecule has 1 aromatic heterocycles. The second-order valence-electron chi connectivity index (χ2n) is 3.77. The zero-order chi connectivity index (χ0) is 13.1. The van der Waals surface area contributed by atoms with Crippen LogP contribution in [0.5, 0.6) is 5.88 Å². The second kappa shape index (κ2) is 5.14. The summed E-state index contributed by atoms with van der Waals surface area (Å²) in [4.78, 5) is 11.1. The lowest BCUT2D eigenvalue weighted by Gasteiger charge is -2.09. The van der Waals surface area contributed by atoms with Gasteiger partial charge in [-0.15, -0.1) is 5.10 Å². The van der Waals surface area contributed by atoms with Crippen LogP contribution in [0.2, 0.25) is 0 Å². The zero-order valence-corrected chi connectivity index (χ0v) is 10.6. The van der Waals surface area contributed by atoms with Gasteiger partial charge in [-0.25, -0.2) is 8.88 Å². The molecule has 0 bridgehead atoms. The van der Waals surface area contributed by atoms with Crippen LogP contribution in [0, 0.1) is 6.92 Å². The Balaban J connectivity index is 2.20. The number of ether oxygens (including phenoxy) is 1. The minimum atomic E-state index is -0.961. The van der Waals surface area contributed by atoms with Crippen molar-refractivity contribution >= 4 is 18.8 Å². The molecule has 0 saturated heterocycles. The van der Waals surface area contributed by atoms with Crippen molar-refractivity contribution in [2.24, 2.45) is 0 Å². The first-order valence-corrected chi connectivity index (χ1v) is 5.67. The molecule has 5 nitrogen and oxygen atoms in total. The summed E-state index contributed by atoms with van der Waals surface area (Å²) in [6, 6.07) is 6.78. The van der Waals surface area contributed by atoms with Gasteiger partial charge in [0.1, 0.15) is 6.61 Å². The maximum atomic E-state index is 11.1. The normalized spacial score (nSPS) is 10.3. The van der Waals surface area contributed by atoms with Crippen LogP contribution in [0.25, 0.3) is 0 Å². The predicted octanol–water partition coefficient (Wildman–Crippen LogP) is 2.16. The van der Waals surface area contributed by atoms with Gasteiger partial charge in [-0.05, 0) is 31.4 Å². The van der Waals surface area contributed by atoms with E-state index in [9.17, 15) is 4.79 Å². The molecule has 0 radical (unpaired) electrons. The van der Waals surface area contributed by atoms with Gasteiger partial charge in [0, 0.05) is 17.8 Å². The van der Waals surface area contributed by atoms with Crippen LogP contribution >= 0.6 is 12.8 Å². The summed E-state index contributed by atoms with van der Waals surface area (Å²) in [5, 5.41) is 13.0. The van der Waals surface area contributed by atoms with Crippen LogP contribution in [0.1, 0.15) is 21.5 Å². The Morgan fingerprint density at radius 2 is 2.28 bits per heavy atom. The number of rotatable bonds is 4. The SMILES string of the molecule is Cc1cccc(C(=O)O)c1COc1ccn(S)n1. The number of benzene rings is 1. The smallest absolute Gasteiger partial charge is 0.336 e. The monoisotopic (exact) mass is 264 g/mol. The number of nitrogens with zero attached hydrogens (tertiary/aromatic N) is 2. The van der Waals surface area contributed by atoms with Gasteiger partial charge in [0.25, 0.3) is 0 Å². The van der Waals surface area contributed by atoms with Gasteiger partial charge >= 0.3 is 5.97 Å². The van der Waals surface area contributed by atoms with E-state index in [0.717, 1.165) is 5.56 Å². The third-order valence-electron chi connectivity index (χ3n) is 2.56. The Hall–Kier alpha value is -1.95. The third-order valence-corrected chi connectivity index (χ3v) is 2.78. The zero-order valence-electron chi connectivity index (χ0n) is 9.70. The van der Waals surface area contributed by atoms with E-state index in [1.807, 2.05) is 13.0 Å². The van der Waals surface area contributed by atoms with Crippen molar-refractivity contribution in [2.45, 2.75) is 13.5 Å². The number of thiol groups is 1. The van der Waals surface area contributed by atoms with Gasteiger partial charge in [0.05, 0.1) is 5.56 Å². The number of aromatic nitrogens is 2. The van der Waals surface area contributed by atoms with Crippen molar-refractivity contribution in [3.63, 3.8) is 0 Å². The fraction of sp³-hybridized carbons (Fsp3) is 0.167. The molecule has 0 spiro atoms. The van der Waals surface area contributed by atoms with E-state index >= 15 is 0 Å². The molecule has 1 aromatic carbocycles. The Morgan fingerprint density at radius 3 is 2.89 bits per heavy atom. The maximum absolute atomic E-state index is 11.1. The molecule has 1 N–H and O–H groups in total. The Labute approximate surface area is 110 Å². The van der Waals surface area contributed by atoms with Crippen molar-refractivity contribution in [3.05, 3.63) is 47.2 Å². The third kappa shape index (κ3) is 2.65. The van der Waals surface area contributed by atoms with E-state index in [0.29, 0.717) is 11.4 Å². The van der Waals surface area contributed by atoms with Crippen molar-refractivity contribution in [1.82, 2.24) is 9.19 Å². The topological polar surface area (TPSA) is 64.3 Å². The predicted molar refractivity (Wildman–Crippen MR) is 69.1 cm³/mol. The highest BCUT2D eigenvalue weighted by Gasteiger charge is 2.12. The first-order valence-electron chi connectivity index (χ1n) is 5.27. The minimum absolute atomic E-state index is 0.166. The molecule has 1 heterocycles. The van der Waals surface area contributed by atoms with E-state index in [1.54, 1.807) is 24.4 Å². The lowest BCUT2D eigenvalue weighted by atomic mass is 10.0. The number of carbonyl (C=O) groups is 1. The molecular formula is C12H12N2O3S. The molecule has 0 unspecified atom stereocenters. The molecule has 0 amide bonds. The molecule has 0 fully saturated rings. The largest absolute Gasteiger partial charge is 0.478 e. The average molecular weight is 264 g/mol. The lowest BCUT2D eigenvalue weighted by molar-refractivity contribution is 0.0693. The van der Waals surface area contributed by atoms with Gasteiger partial charge in [0.2, 0.25) is 5.88 Å². The molecule has 0 saturated carbocycles. The number of hydrogen-bond donors (Lipinski definition) is 2. The molecule has 0 aliphatic carbocycles. The van der Waals surface area contributed by atoms with E-state index in [4.69, 9.17) is 9.84 Å². The number of aryl methyl sites for hydroxylation is 1. The molecule has 6 heteroatoms. The van der Waals surface area contributed by atoms with Gasteiger partial charge in [-0.2, -0.15) is 0 Å². The molecule has 94 valence electrons. The van der Waals surface area contributed by atoms with Crippen LogP contribution in [0.15, 0.2) is 30.5 Å². The summed E-state index contributed by atoms with van der Waals surface area (Å²) in [7, 11) is 0. The van der Waals surface area contributed by atoms with Gasteiger partial charge in [-0.1, -0.05) is 12.1 Å². The fourth-order valence-corrected chi connectivity index (χ4v) is 1.77. The van der Waals surface area contributed by atoms with Crippen LogP contribution in [-0.4, -0.2) is 20.3 Å². The van der Waals surface area contributed by atoms with Gasteiger partial charge in [-0.3, -0.25) is 0 Å². The highest BCUT2D eigenvalue weighted by molar-refractivity contribution is 7.78. The highest BCUT2D eigenvalue weighted by atomic mass is 32.1. The highest BCUT2D eigenvalue weighted by Crippen LogP contribution is 2.17. The Morgan fingerprint density at radius 1 is 1.50 bits per heavy atom. The summed E-state index contributed by atoms with van der Waals surface area (Å²) in [6.45, 7) is 2.02. The van der Waals surface area contributed by atoms with Crippen molar-refractivity contribution in [2.75, 3.05) is 0 Å². The standard InChI is InChI=1S/C12H12N2O3S/c1-8-3-2-4-9(12(15)16)10(8)7-17-11-5-6-14(18)13-11/h2-6,18H,7H2,1H3,(H,15,16). The number of aromatic carboxylic acids is 1. The van der Waals surface area contributed by atoms with Crippen LogP contribution in [-0.2, 0) is 6.61 Å². The molecule has 0 aliphatic heterocycles. The summed E-state index contributed by atoms with van der Waals surface area (Å²) >= 11 is 3.99. The minimum Gasteiger partial charge on any atom is -0.478 e. The number of carboxylic acids is 1. The van der Waals surface area contributed by atoms with Crippen molar-refractivity contribution in [3.8, 4) is 5.88 Å². The van der Waals surface area contributed by atoms with E-state index in [-0.39, 0.29) is 12.2 Å². The molecular weight excluding hydrogens is 252 g/mol. The molecule has 18 heavy (non-hydrogen) atoms. The first-order chi connectivity index (χ1) is 8.58. The van der Waals surface area contributed by atoms with E-state index in [1.165, 1.54) is 4.09 Å². The second-order valence-corrected chi connectivity index (χ2v) is 4.18. The van der Waals surface area contributed by atoms with Crippen molar-refractivity contribution < 1.29 is 14.6 Å². The van der Waals surface area contributed by atoms with Crippen LogP contribution in [0.4, 0.5) is 0 Å². The average Bonchev–Trinajstić information content (AvgIpc) is 2.73. The first kappa shape index (κ1) is 12.5. The number of carboxylic acid groups (broad SMARTS) is 1. The molecule has 0 aliphatic rings. The van der Waals surface area contributed by atoms with E-state index in [2.05, 4.69) is 17.9 Å². The van der Waals surface area contributed by atoms with Gasteiger partial charge in [0.15, 0.2) is 0 Å². The van der Waals surface area contributed by atoms with E-state index < -0.39 is 5.97 Å². The lowest BCUT2D eigenvalue weighted by Crippen LogP contribution is -2.07. The van der Waals surface area contributed by atoms with Crippen LogP contribution < -0.4 is 4.74 Å². The quantitative estimate of drug-likeness (QED) is 0.831. The summed E-state index contributed by atoms with van der Waals surface area (Å²) in [5.74, 6) is -0.554. The van der Waals surface area contributed by atoms with Crippen LogP contribution in [0.3, 0.4) is 0 Å². The molecule has 0 atom stereocenters. The number of hydrogen-bond acceptors (Lipinski definition) is 4. The molecule has 2 aromatic rings. The molecule has 2 rings (SSSR count).